The van der Waals surface area contributed by atoms with Gasteiger partial charge in [0.1, 0.15) is 5.60 Å². The van der Waals surface area contributed by atoms with Gasteiger partial charge >= 0.3 is 6.09 Å². The zero-order valence-electron chi connectivity index (χ0n) is 17.1. The molecular weight excluding hydrogens is 382 g/mol. The summed E-state index contributed by atoms with van der Waals surface area (Å²) in [4.78, 5) is 12.3. The van der Waals surface area contributed by atoms with Gasteiger partial charge in [-0.25, -0.2) is 4.79 Å². The fourth-order valence-electron chi connectivity index (χ4n) is 2.98. The van der Waals surface area contributed by atoms with Gasteiger partial charge in [0.25, 0.3) is 10.1 Å². The van der Waals surface area contributed by atoms with Gasteiger partial charge in [-0.1, -0.05) is 17.7 Å². The molecule has 28 heavy (non-hydrogen) atoms. The second-order valence-electron chi connectivity index (χ2n) is 8.21. The Morgan fingerprint density at radius 3 is 2.54 bits per heavy atom. The Bertz CT molecular complexity index is 733. The molecule has 1 aromatic carbocycles. The lowest BCUT2D eigenvalue weighted by atomic mass is 9.95. The number of ether oxygens (including phenoxy) is 2. The summed E-state index contributed by atoms with van der Waals surface area (Å²) in [5, 5.41) is 2.75. The molecule has 1 unspecified atom stereocenters. The number of alkyl carbamates (subject to hydrolysis) is 1. The van der Waals surface area contributed by atoms with E-state index in [1.165, 1.54) is 12.1 Å². The van der Waals surface area contributed by atoms with E-state index in [1.54, 1.807) is 32.9 Å². The number of hydrogen-bond donors (Lipinski definition) is 1. The number of rotatable bonds is 7. The van der Waals surface area contributed by atoms with Crippen LogP contribution in [-0.2, 0) is 23.8 Å². The lowest BCUT2D eigenvalue weighted by molar-refractivity contribution is 0.0354. The molecule has 0 aliphatic carbocycles. The summed E-state index contributed by atoms with van der Waals surface area (Å²) in [6, 6.07) is 5.95. The maximum atomic E-state index is 12.5. The normalized spacial score (nSPS) is 19.1. The van der Waals surface area contributed by atoms with E-state index in [0.29, 0.717) is 13.0 Å². The Labute approximate surface area is 167 Å². The molecule has 1 aliphatic heterocycles. The van der Waals surface area contributed by atoms with E-state index in [1.807, 2.05) is 6.92 Å². The van der Waals surface area contributed by atoms with Gasteiger partial charge in [-0.05, 0) is 65.0 Å². The molecule has 7 nitrogen and oxygen atoms in total. The molecule has 1 heterocycles. The molecule has 1 saturated heterocycles. The summed E-state index contributed by atoms with van der Waals surface area (Å²) in [5.74, 6) is 0.236. The topological polar surface area (TPSA) is 90.9 Å². The molecule has 0 spiro atoms. The second kappa shape index (κ2) is 9.71. The molecule has 0 saturated carbocycles. The van der Waals surface area contributed by atoms with Gasteiger partial charge in [0.2, 0.25) is 0 Å². The van der Waals surface area contributed by atoms with Crippen molar-refractivity contribution < 1.29 is 26.9 Å². The predicted octanol–water partition coefficient (Wildman–Crippen LogP) is 3.41. The van der Waals surface area contributed by atoms with Crippen molar-refractivity contribution in [2.75, 3.05) is 19.8 Å². The van der Waals surface area contributed by atoms with E-state index < -0.39 is 27.9 Å². The van der Waals surface area contributed by atoms with Crippen LogP contribution < -0.4 is 5.32 Å². The zero-order chi connectivity index (χ0) is 20.8. The van der Waals surface area contributed by atoms with Crippen molar-refractivity contribution in [1.29, 1.82) is 0 Å². The van der Waals surface area contributed by atoms with E-state index in [-0.39, 0.29) is 17.4 Å². The maximum Gasteiger partial charge on any atom is 0.407 e. The van der Waals surface area contributed by atoms with Crippen molar-refractivity contribution in [3.05, 3.63) is 29.8 Å². The number of hydrogen-bond acceptors (Lipinski definition) is 6. The van der Waals surface area contributed by atoms with E-state index >= 15 is 0 Å². The number of aryl methyl sites for hydroxylation is 1. The largest absolute Gasteiger partial charge is 0.444 e. The summed E-state index contributed by atoms with van der Waals surface area (Å²) in [7, 11) is -3.91. The average molecular weight is 414 g/mol. The van der Waals surface area contributed by atoms with E-state index in [0.717, 1.165) is 25.0 Å². The third-order valence-electron chi connectivity index (χ3n) is 4.33. The Kier molecular flexibility index (Phi) is 7.86. The molecule has 0 bridgehead atoms. The van der Waals surface area contributed by atoms with Crippen LogP contribution in [0.4, 0.5) is 4.79 Å². The first-order valence-electron chi connectivity index (χ1n) is 9.58. The van der Waals surface area contributed by atoms with Gasteiger partial charge in [-0.15, -0.1) is 0 Å². The number of carbonyl (C=O) groups excluding carboxylic acids is 1. The summed E-state index contributed by atoms with van der Waals surface area (Å²) in [6.45, 7) is 8.37. The SMILES string of the molecule is Cc1ccc(S(=O)(=O)OC[C@H](CC2CCCOC2)NC(=O)OC(C)(C)C)cc1. The summed E-state index contributed by atoms with van der Waals surface area (Å²) in [5.41, 5.74) is 0.318. The molecule has 0 radical (unpaired) electrons. The van der Waals surface area contributed by atoms with E-state index in [9.17, 15) is 13.2 Å². The van der Waals surface area contributed by atoms with Crippen LogP contribution in [0.3, 0.4) is 0 Å². The zero-order valence-corrected chi connectivity index (χ0v) is 17.9. The molecule has 8 heteroatoms. The molecule has 2 rings (SSSR count). The first-order valence-corrected chi connectivity index (χ1v) is 11.0. The smallest absolute Gasteiger partial charge is 0.407 e. The Morgan fingerprint density at radius 1 is 1.29 bits per heavy atom. The number of benzene rings is 1. The Morgan fingerprint density at radius 2 is 1.96 bits per heavy atom. The van der Waals surface area contributed by atoms with Gasteiger partial charge in [-0.3, -0.25) is 4.18 Å². The minimum Gasteiger partial charge on any atom is -0.444 e. The number of amides is 1. The lowest BCUT2D eigenvalue weighted by Crippen LogP contribution is -2.43. The first-order chi connectivity index (χ1) is 13.0. The Balaban J connectivity index is 2.02. The third kappa shape index (κ3) is 7.77. The fraction of sp³-hybridized carbons (Fsp3) is 0.650. The van der Waals surface area contributed by atoms with Crippen molar-refractivity contribution in [2.24, 2.45) is 5.92 Å². The van der Waals surface area contributed by atoms with Crippen molar-refractivity contribution >= 4 is 16.2 Å². The number of carbonyl (C=O) groups is 1. The third-order valence-corrected chi connectivity index (χ3v) is 5.62. The highest BCUT2D eigenvalue weighted by Gasteiger charge is 2.26. The highest BCUT2D eigenvalue weighted by Crippen LogP contribution is 2.21. The number of nitrogens with one attached hydrogen (secondary N) is 1. The van der Waals surface area contributed by atoms with Crippen LogP contribution in [-0.4, -0.2) is 46.0 Å². The molecule has 1 aliphatic rings. The molecule has 1 aromatic rings. The van der Waals surface area contributed by atoms with Gasteiger partial charge in [0.15, 0.2) is 0 Å². The van der Waals surface area contributed by atoms with Crippen LogP contribution in [0.5, 0.6) is 0 Å². The highest BCUT2D eigenvalue weighted by atomic mass is 32.2. The van der Waals surface area contributed by atoms with Crippen LogP contribution in [0.15, 0.2) is 29.2 Å². The van der Waals surface area contributed by atoms with Gasteiger partial charge in [0.05, 0.1) is 17.5 Å². The van der Waals surface area contributed by atoms with Gasteiger partial charge < -0.3 is 14.8 Å². The monoisotopic (exact) mass is 413 g/mol. The summed E-state index contributed by atoms with van der Waals surface area (Å²) < 4.78 is 41.0. The highest BCUT2D eigenvalue weighted by molar-refractivity contribution is 7.86. The van der Waals surface area contributed by atoms with Crippen LogP contribution in [0.1, 0.15) is 45.6 Å². The van der Waals surface area contributed by atoms with Crippen LogP contribution >= 0.6 is 0 Å². The fourth-order valence-corrected chi connectivity index (χ4v) is 3.93. The maximum absolute atomic E-state index is 12.5. The van der Waals surface area contributed by atoms with Crippen molar-refractivity contribution in [2.45, 2.75) is 63.5 Å². The average Bonchev–Trinajstić information content (AvgIpc) is 2.59. The minimum absolute atomic E-state index is 0.0927. The van der Waals surface area contributed by atoms with E-state index in [2.05, 4.69) is 5.32 Å². The van der Waals surface area contributed by atoms with Crippen LogP contribution in [0.25, 0.3) is 0 Å². The van der Waals surface area contributed by atoms with E-state index in [4.69, 9.17) is 13.7 Å². The molecule has 2 atom stereocenters. The minimum atomic E-state index is -3.91. The molecule has 1 fully saturated rings. The molecule has 0 aromatic heterocycles. The second-order valence-corrected chi connectivity index (χ2v) is 9.83. The summed E-state index contributed by atoms with van der Waals surface area (Å²) in [6.07, 6.45) is 1.89. The predicted molar refractivity (Wildman–Crippen MR) is 106 cm³/mol. The summed E-state index contributed by atoms with van der Waals surface area (Å²) >= 11 is 0. The first kappa shape index (κ1) is 22.6. The van der Waals surface area contributed by atoms with Crippen molar-refractivity contribution in [3.8, 4) is 0 Å². The van der Waals surface area contributed by atoms with Gasteiger partial charge in [0, 0.05) is 13.2 Å². The van der Waals surface area contributed by atoms with Crippen molar-refractivity contribution in [1.82, 2.24) is 5.32 Å². The molecular formula is C20H31NO6S. The van der Waals surface area contributed by atoms with Gasteiger partial charge in [-0.2, -0.15) is 8.42 Å². The standard InChI is InChI=1S/C20H31NO6S/c1-15-7-9-18(10-8-15)28(23,24)26-14-17(12-16-6-5-11-25-13-16)21-19(22)27-20(2,3)4/h7-10,16-17H,5-6,11-14H2,1-4H3,(H,21,22)/t16?,17-/m0/s1. The van der Waals surface area contributed by atoms with Crippen LogP contribution in [0, 0.1) is 12.8 Å². The Hall–Kier alpha value is -1.64. The van der Waals surface area contributed by atoms with Crippen LogP contribution in [0.2, 0.25) is 0 Å². The quantitative estimate of drug-likeness (QED) is 0.689. The lowest BCUT2D eigenvalue weighted by Gasteiger charge is -2.28. The van der Waals surface area contributed by atoms with Crippen molar-refractivity contribution in [3.63, 3.8) is 0 Å². The molecule has 1 amide bonds. The molecule has 1 N–H and O–H groups in total. The molecule has 158 valence electrons.